The van der Waals surface area contributed by atoms with Gasteiger partial charge in [0, 0.05) is 29.6 Å². The number of benzene rings is 2. The maximum atomic E-state index is 12.6. The summed E-state index contributed by atoms with van der Waals surface area (Å²) >= 11 is 3.42. The maximum Gasteiger partial charge on any atom is 0.336 e. The Balaban J connectivity index is 0.00000289. The number of phenolic OH excluding ortho intramolecular Hbond substituents is 1. The molecule has 1 unspecified atom stereocenters. The molecule has 3 N–H and O–H groups in total. The first-order valence-electron chi connectivity index (χ1n) is 12.1. The number of carbonyl (C=O) groups is 1. The number of nitrogens with one attached hydrogen (secondary N) is 1. The van der Waals surface area contributed by atoms with Crippen LogP contribution in [-0.2, 0) is 6.54 Å². The molecule has 2 aliphatic rings. The zero-order valence-electron chi connectivity index (χ0n) is 19.5. The minimum absolute atomic E-state index is 0. The lowest BCUT2D eigenvalue weighted by molar-refractivity contribution is 0.0694. The summed E-state index contributed by atoms with van der Waals surface area (Å²) in [5.74, 6) is 0.474. The fourth-order valence-electron chi connectivity index (χ4n) is 5.72. The van der Waals surface area contributed by atoms with Gasteiger partial charge in [0.2, 0.25) is 0 Å². The van der Waals surface area contributed by atoms with Gasteiger partial charge in [0.1, 0.15) is 5.75 Å². The van der Waals surface area contributed by atoms with Gasteiger partial charge in [-0.15, -0.1) is 17.0 Å². The Morgan fingerprint density at radius 1 is 1.09 bits per heavy atom. The zero-order valence-corrected chi connectivity index (χ0v) is 22.8. The quantitative estimate of drug-likeness (QED) is 0.338. The van der Waals surface area contributed by atoms with Crippen LogP contribution in [0.25, 0.3) is 22.2 Å². The molecule has 2 aliphatic heterocycles. The van der Waals surface area contributed by atoms with Crippen LogP contribution in [-0.4, -0.2) is 52.2 Å². The van der Waals surface area contributed by atoms with Crippen LogP contribution in [0.15, 0.2) is 46.9 Å². The van der Waals surface area contributed by atoms with E-state index >= 15 is 0 Å². The third-order valence-corrected chi connectivity index (χ3v) is 8.19. The van der Waals surface area contributed by atoms with E-state index in [1.54, 1.807) is 6.07 Å². The second-order valence-electron chi connectivity index (χ2n) is 9.50. The van der Waals surface area contributed by atoms with Crippen molar-refractivity contribution < 1.29 is 15.0 Å². The number of aromatic hydroxyl groups is 1. The predicted octanol–water partition coefficient (Wildman–Crippen LogP) is 5.86. The molecular formula is C27H31Br2N3O3. The minimum Gasteiger partial charge on any atom is -0.507 e. The minimum atomic E-state index is -0.968. The van der Waals surface area contributed by atoms with Gasteiger partial charge in [0.15, 0.2) is 0 Å². The van der Waals surface area contributed by atoms with Gasteiger partial charge in [-0.3, -0.25) is 4.90 Å². The molecular weight excluding hydrogens is 574 g/mol. The van der Waals surface area contributed by atoms with Crippen LogP contribution >= 0.6 is 32.9 Å². The summed E-state index contributed by atoms with van der Waals surface area (Å²) in [7, 11) is 0. The average molecular weight is 605 g/mol. The third kappa shape index (κ3) is 5.40. The molecule has 2 saturated heterocycles. The van der Waals surface area contributed by atoms with Gasteiger partial charge in [-0.05, 0) is 85.2 Å². The number of phenols is 1. The summed E-state index contributed by atoms with van der Waals surface area (Å²) in [4.78, 5) is 20.0. The van der Waals surface area contributed by atoms with E-state index in [1.165, 1.54) is 25.3 Å². The van der Waals surface area contributed by atoms with Gasteiger partial charge in [0.25, 0.3) is 0 Å². The first-order chi connectivity index (χ1) is 16.5. The second kappa shape index (κ2) is 11.4. The molecule has 0 saturated carbocycles. The summed E-state index contributed by atoms with van der Waals surface area (Å²) in [6, 6.07) is 13.0. The Morgan fingerprint density at radius 2 is 1.83 bits per heavy atom. The second-order valence-corrected chi connectivity index (χ2v) is 10.3. The molecule has 0 spiro atoms. The van der Waals surface area contributed by atoms with Crippen molar-refractivity contribution in [3.63, 3.8) is 0 Å². The standard InChI is InChI=1S/C27H30BrN3O3.BrH/c28-24-22(32)9-8-20-23(27(33)34)21(25(30-26(20)24)18-5-2-1-3-6-18)16-31-14-4-7-19(15-31)17-10-12-29-13-11-17;/h1-3,5-6,8-9,17,19,29,32H,4,7,10-16H2,(H,33,34);1H. The molecule has 6 nitrogen and oxygen atoms in total. The molecule has 0 bridgehead atoms. The zero-order chi connectivity index (χ0) is 23.7. The summed E-state index contributed by atoms with van der Waals surface area (Å²) in [6.45, 7) is 4.70. The Labute approximate surface area is 224 Å². The number of likely N-dealkylation sites (tertiary alicyclic amines) is 1. The average Bonchev–Trinajstić information content (AvgIpc) is 2.87. The fraction of sp³-hybridized carbons (Fsp3) is 0.407. The van der Waals surface area contributed by atoms with E-state index in [-0.39, 0.29) is 28.3 Å². The van der Waals surface area contributed by atoms with E-state index in [0.29, 0.717) is 33.5 Å². The Bertz CT molecular complexity index is 1200. The fourth-order valence-corrected chi connectivity index (χ4v) is 6.15. The molecule has 0 amide bonds. The predicted molar refractivity (Wildman–Crippen MR) is 147 cm³/mol. The van der Waals surface area contributed by atoms with Crippen LogP contribution in [0.1, 0.15) is 41.6 Å². The van der Waals surface area contributed by atoms with E-state index < -0.39 is 5.97 Å². The molecule has 186 valence electrons. The molecule has 1 aromatic heterocycles. The number of aromatic carboxylic acids is 1. The number of halogens is 2. The molecule has 2 fully saturated rings. The lowest BCUT2D eigenvalue weighted by atomic mass is 9.80. The smallest absolute Gasteiger partial charge is 0.336 e. The number of pyridine rings is 1. The largest absolute Gasteiger partial charge is 0.507 e. The van der Waals surface area contributed by atoms with E-state index in [0.717, 1.165) is 49.6 Å². The van der Waals surface area contributed by atoms with Crippen molar-refractivity contribution in [2.75, 3.05) is 26.2 Å². The van der Waals surface area contributed by atoms with Gasteiger partial charge in [-0.2, -0.15) is 0 Å². The molecule has 2 aromatic carbocycles. The number of carboxylic acid groups (broad SMARTS) is 1. The van der Waals surface area contributed by atoms with Gasteiger partial charge in [-0.25, -0.2) is 9.78 Å². The molecule has 3 heterocycles. The van der Waals surface area contributed by atoms with Crippen LogP contribution < -0.4 is 5.32 Å². The number of rotatable bonds is 5. The van der Waals surface area contributed by atoms with Crippen LogP contribution in [0.4, 0.5) is 0 Å². The highest BCUT2D eigenvalue weighted by molar-refractivity contribution is 9.10. The lowest BCUT2D eigenvalue weighted by Crippen LogP contribution is -2.41. The van der Waals surface area contributed by atoms with E-state index in [1.807, 2.05) is 30.3 Å². The van der Waals surface area contributed by atoms with Crippen LogP contribution in [0.2, 0.25) is 0 Å². The van der Waals surface area contributed by atoms with Gasteiger partial charge >= 0.3 is 5.97 Å². The van der Waals surface area contributed by atoms with Gasteiger partial charge in [-0.1, -0.05) is 30.3 Å². The highest BCUT2D eigenvalue weighted by Gasteiger charge is 2.30. The first kappa shape index (κ1) is 26.1. The SMILES string of the molecule is Br.O=C(O)c1c(CN2CCCC(C3CCNCC3)C2)c(-c2ccccc2)nc2c(Br)c(O)ccc12. The molecule has 5 rings (SSSR count). The molecule has 8 heteroatoms. The number of hydrogen-bond acceptors (Lipinski definition) is 5. The molecule has 0 aliphatic carbocycles. The summed E-state index contributed by atoms with van der Waals surface area (Å²) in [5.41, 5.74) is 3.03. The monoisotopic (exact) mass is 603 g/mol. The van der Waals surface area contributed by atoms with Crippen molar-refractivity contribution in [2.24, 2.45) is 11.8 Å². The third-order valence-electron chi connectivity index (χ3n) is 7.41. The van der Waals surface area contributed by atoms with Crippen LogP contribution in [0, 0.1) is 11.8 Å². The van der Waals surface area contributed by atoms with Crippen LogP contribution in [0.5, 0.6) is 5.75 Å². The molecule has 1 atom stereocenters. The van der Waals surface area contributed by atoms with Crippen molar-refractivity contribution >= 4 is 49.8 Å². The summed E-state index contributed by atoms with van der Waals surface area (Å²) < 4.78 is 0.417. The molecule has 0 radical (unpaired) electrons. The number of piperidine rings is 2. The highest BCUT2D eigenvalue weighted by Crippen LogP contribution is 2.38. The van der Waals surface area contributed by atoms with E-state index in [4.69, 9.17) is 4.98 Å². The van der Waals surface area contributed by atoms with Crippen molar-refractivity contribution in [3.8, 4) is 17.0 Å². The number of aromatic nitrogens is 1. The van der Waals surface area contributed by atoms with Crippen molar-refractivity contribution in [3.05, 3.63) is 58.1 Å². The van der Waals surface area contributed by atoms with Crippen molar-refractivity contribution in [1.29, 1.82) is 0 Å². The summed E-state index contributed by atoms with van der Waals surface area (Å²) in [5, 5.41) is 24.6. The lowest BCUT2D eigenvalue weighted by Gasteiger charge is -2.39. The van der Waals surface area contributed by atoms with Gasteiger partial charge < -0.3 is 15.5 Å². The van der Waals surface area contributed by atoms with Crippen LogP contribution in [0.3, 0.4) is 0 Å². The Kier molecular flexibility index (Phi) is 8.47. The maximum absolute atomic E-state index is 12.6. The number of fused-ring (bicyclic) bond motifs is 1. The van der Waals surface area contributed by atoms with Gasteiger partial charge in [0.05, 0.1) is 21.2 Å². The number of carboxylic acids is 1. The first-order valence-corrected chi connectivity index (χ1v) is 12.9. The van der Waals surface area contributed by atoms with Crippen molar-refractivity contribution in [2.45, 2.75) is 32.2 Å². The number of nitrogens with zero attached hydrogens (tertiary/aromatic N) is 2. The molecule has 3 aromatic rings. The summed E-state index contributed by atoms with van der Waals surface area (Å²) in [6.07, 6.45) is 4.84. The Morgan fingerprint density at radius 3 is 2.54 bits per heavy atom. The van der Waals surface area contributed by atoms with Crippen molar-refractivity contribution in [1.82, 2.24) is 15.2 Å². The number of hydrogen-bond donors (Lipinski definition) is 3. The normalized spacial score (nSPS) is 19.4. The Hall–Kier alpha value is -2.00. The molecule has 35 heavy (non-hydrogen) atoms. The highest BCUT2D eigenvalue weighted by atomic mass is 79.9. The topological polar surface area (TPSA) is 85.7 Å². The van der Waals surface area contributed by atoms with E-state index in [2.05, 4.69) is 26.1 Å². The van der Waals surface area contributed by atoms with E-state index in [9.17, 15) is 15.0 Å².